The number of ether oxygens (including phenoxy) is 2. The Labute approximate surface area is 270 Å². The van der Waals surface area contributed by atoms with Gasteiger partial charge in [-0.1, -0.05) is 65.7 Å². The number of anilines is 2. The number of benzene rings is 3. The van der Waals surface area contributed by atoms with Crippen molar-refractivity contribution in [3.05, 3.63) is 124 Å². The van der Waals surface area contributed by atoms with Crippen molar-refractivity contribution in [3.8, 4) is 5.75 Å². The molecule has 1 N–H and O–H groups in total. The molecule has 0 fully saturated rings. The minimum absolute atomic E-state index is 0. The molecule has 3 aromatic carbocycles. The van der Waals surface area contributed by atoms with Gasteiger partial charge in [-0.15, -0.1) is 6.58 Å². The quantitative estimate of drug-likeness (QED) is 0.240. The van der Waals surface area contributed by atoms with E-state index in [1.54, 1.807) is 55.7 Å². The first kappa shape index (κ1) is 33.9. The minimum atomic E-state index is -1.26. The van der Waals surface area contributed by atoms with Gasteiger partial charge in [-0.3, -0.25) is 9.59 Å². The van der Waals surface area contributed by atoms with Crippen molar-refractivity contribution in [2.24, 2.45) is 0 Å². The van der Waals surface area contributed by atoms with Crippen LogP contribution >= 0.6 is 23.2 Å². The topological polar surface area (TPSA) is 105 Å². The number of rotatable bonds is 8. The van der Waals surface area contributed by atoms with E-state index in [1.165, 1.54) is 25.3 Å². The van der Waals surface area contributed by atoms with Crippen LogP contribution in [0.5, 0.6) is 5.75 Å². The summed E-state index contributed by atoms with van der Waals surface area (Å²) in [5, 5.41) is 14.9. The number of methoxy groups -OCH3 is 2. The van der Waals surface area contributed by atoms with E-state index in [1.807, 2.05) is 19.1 Å². The third kappa shape index (κ3) is 8.35. The van der Waals surface area contributed by atoms with Gasteiger partial charge >= 0.3 is 29.6 Å². The summed E-state index contributed by atoms with van der Waals surface area (Å²) in [4.78, 5) is 35.0. The van der Waals surface area contributed by atoms with Crippen LogP contribution in [0.15, 0.2) is 96.8 Å². The number of hydrogen-bond acceptors (Lipinski definition) is 7. The largest absolute Gasteiger partial charge is 1.00 e. The average molecular weight is 602 g/mol. The molecule has 0 aromatic heterocycles. The van der Waals surface area contributed by atoms with Crippen LogP contribution in [-0.4, -0.2) is 31.8 Å². The van der Waals surface area contributed by atoms with Crippen LogP contribution in [0.3, 0.4) is 0 Å². The smallest absolute Gasteiger partial charge is 0.545 e. The molecule has 3 aromatic rings. The molecule has 206 valence electrons. The minimum Gasteiger partial charge on any atom is -0.545 e. The molecule has 10 heteroatoms. The molecular weight excluding hydrogens is 576 g/mol. The second kappa shape index (κ2) is 15.6. The Kier molecular flexibility index (Phi) is 12.9. The van der Waals surface area contributed by atoms with Gasteiger partial charge in [-0.25, -0.2) is 0 Å². The van der Waals surface area contributed by atoms with E-state index >= 15 is 0 Å². The maximum atomic E-state index is 12.2. The van der Waals surface area contributed by atoms with Gasteiger partial charge in [0, 0.05) is 28.8 Å². The van der Waals surface area contributed by atoms with E-state index in [9.17, 15) is 19.5 Å². The fourth-order valence-electron chi connectivity index (χ4n) is 3.89. The predicted molar refractivity (Wildman–Crippen MR) is 154 cm³/mol. The number of para-hydroxylation sites is 1. The van der Waals surface area contributed by atoms with Crippen molar-refractivity contribution in [2.45, 2.75) is 12.8 Å². The maximum Gasteiger partial charge on any atom is 1.00 e. The Bertz CT molecular complexity index is 1520. The molecule has 4 rings (SSSR count). The van der Waals surface area contributed by atoms with Crippen molar-refractivity contribution < 1.29 is 58.5 Å². The van der Waals surface area contributed by atoms with E-state index in [0.29, 0.717) is 27.0 Å². The Morgan fingerprint density at radius 2 is 1.61 bits per heavy atom. The van der Waals surface area contributed by atoms with E-state index in [4.69, 9.17) is 32.7 Å². The van der Waals surface area contributed by atoms with Gasteiger partial charge in [0.2, 0.25) is 5.78 Å². The summed E-state index contributed by atoms with van der Waals surface area (Å²) >= 11 is 12.2. The monoisotopic (exact) mass is 601 g/mol. The van der Waals surface area contributed by atoms with Crippen molar-refractivity contribution in [1.29, 1.82) is 0 Å². The number of ketones is 2. The number of halogens is 2. The molecular formula is C31H26Cl2NNaO6. The fourth-order valence-corrected chi connectivity index (χ4v) is 4.35. The van der Waals surface area contributed by atoms with E-state index < -0.39 is 5.97 Å². The van der Waals surface area contributed by atoms with Gasteiger partial charge < -0.3 is 24.7 Å². The normalized spacial score (nSPS) is 12.9. The summed E-state index contributed by atoms with van der Waals surface area (Å²) in [6.45, 7) is 5.61. The second-order valence-electron chi connectivity index (χ2n) is 8.54. The Balaban J connectivity index is 0.000000281. The summed E-state index contributed by atoms with van der Waals surface area (Å²) in [6, 6.07) is 17.2. The van der Waals surface area contributed by atoms with Crippen molar-refractivity contribution in [2.75, 3.05) is 19.5 Å². The summed E-state index contributed by atoms with van der Waals surface area (Å²) in [5.74, 6) is -1.38. The van der Waals surface area contributed by atoms with E-state index in [0.717, 1.165) is 16.9 Å². The molecule has 1 unspecified atom stereocenters. The summed E-state index contributed by atoms with van der Waals surface area (Å²) in [5.41, 5.74) is 3.03. The molecule has 0 aliphatic heterocycles. The second-order valence-corrected chi connectivity index (χ2v) is 9.32. The number of carboxylic acids is 1. The number of carboxylic acid groups (broad SMARTS) is 1. The standard InChI is InChI=1S/C17H16O4.C14H11Cl2NO2.Na/c1-4-13(11-5-7-12(20-2)8-6-11)14-9-16(19)17(21-3)10-15(14)18;1-8-6-7-10(15)13(12(8)16)17-11-5-3-2-4-9(11)14(18)19;/h4-10,13H,1H2,2-3H3;2-7,17H,1H3,(H,18,19);/q;;+1/p-1. The predicted octanol–water partition coefficient (Wildman–Crippen LogP) is 2.99. The van der Waals surface area contributed by atoms with Gasteiger partial charge in [0.1, 0.15) is 5.75 Å². The van der Waals surface area contributed by atoms with E-state index in [-0.39, 0.29) is 58.4 Å². The number of allylic oxidation sites excluding steroid dienone is 4. The van der Waals surface area contributed by atoms with Crippen LogP contribution in [0.4, 0.5) is 11.4 Å². The van der Waals surface area contributed by atoms with Crippen LogP contribution in [-0.2, 0) is 14.3 Å². The van der Waals surface area contributed by atoms with Crippen LogP contribution in [0.2, 0.25) is 10.0 Å². The molecule has 7 nitrogen and oxygen atoms in total. The molecule has 1 atom stereocenters. The summed E-state index contributed by atoms with van der Waals surface area (Å²) in [6.07, 6.45) is 4.18. The van der Waals surface area contributed by atoms with E-state index in [2.05, 4.69) is 11.9 Å². The zero-order chi connectivity index (χ0) is 29.4. The first-order chi connectivity index (χ1) is 19.1. The number of aryl methyl sites for hydroxylation is 1. The zero-order valence-corrected chi connectivity index (χ0v) is 26.5. The molecule has 1 aliphatic rings. The Hall–Kier alpha value is -3.33. The van der Waals surface area contributed by atoms with Crippen molar-refractivity contribution in [3.63, 3.8) is 0 Å². The van der Waals surface area contributed by atoms with Crippen molar-refractivity contribution in [1.82, 2.24) is 0 Å². The maximum absolute atomic E-state index is 12.2. The van der Waals surface area contributed by atoms with Gasteiger partial charge in [0.05, 0.1) is 35.9 Å². The van der Waals surface area contributed by atoms with Gasteiger partial charge in [0.15, 0.2) is 11.5 Å². The molecule has 41 heavy (non-hydrogen) atoms. The summed E-state index contributed by atoms with van der Waals surface area (Å²) in [7, 11) is 2.95. The number of nitrogens with one attached hydrogen (secondary N) is 1. The number of carbonyl (C=O) groups excluding carboxylic acids is 3. The van der Waals surface area contributed by atoms with Crippen LogP contribution in [0.1, 0.15) is 27.4 Å². The number of carbonyl (C=O) groups is 3. The van der Waals surface area contributed by atoms with Gasteiger partial charge in [-0.2, -0.15) is 0 Å². The molecule has 1 aliphatic carbocycles. The Morgan fingerprint density at radius 3 is 2.20 bits per heavy atom. The molecule has 0 saturated carbocycles. The first-order valence-corrected chi connectivity index (χ1v) is 12.7. The zero-order valence-electron chi connectivity index (χ0n) is 23.0. The summed E-state index contributed by atoms with van der Waals surface area (Å²) < 4.78 is 9.98. The van der Waals surface area contributed by atoms with Gasteiger partial charge in [0.25, 0.3) is 0 Å². The number of hydrogen-bond donors (Lipinski definition) is 1. The van der Waals surface area contributed by atoms with Crippen molar-refractivity contribution >= 4 is 52.1 Å². The molecule has 0 heterocycles. The molecule has 0 saturated heterocycles. The molecule has 0 bridgehead atoms. The molecule has 0 amide bonds. The third-order valence-electron chi connectivity index (χ3n) is 6.03. The van der Waals surface area contributed by atoms with Crippen LogP contribution < -0.4 is 44.7 Å². The molecule has 0 spiro atoms. The fraction of sp³-hybridized carbons (Fsp3) is 0.129. The van der Waals surface area contributed by atoms with Crippen LogP contribution in [0, 0.1) is 6.92 Å². The van der Waals surface area contributed by atoms with Gasteiger partial charge in [-0.05, 0) is 48.4 Å². The third-order valence-corrected chi connectivity index (χ3v) is 6.83. The Morgan fingerprint density at radius 1 is 0.951 bits per heavy atom. The SMILES string of the molecule is C=CC(C1=CC(=O)C(OC)=CC1=O)c1ccc(OC)cc1.Cc1ccc(Cl)c(Nc2ccccc2C(=O)[O-])c1Cl.[Na+]. The first-order valence-electron chi connectivity index (χ1n) is 12.0. The average Bonchev–Trinajstić information content (AvgIpc) is 2.96. The molecule has 0 radical (unpaired) electrons. The van der Waals surface area contributed by atoms with Crippen LogP contribution in [0.25, 0.3) is 0 Å². The number of aromatic carboxylic acids is 1.